The Hall–Kier alpha value is -1.59. The monoisotopic (exact) mass is 362 g/mol. The zero-order valence-corrected chi connectivity index (χ0v) is 15.7. The lowest BCUT2D eigenvalue weighted by Gasteiger charge is -2.19. The number of rotatable bonds is 7. The van der Waals surface area contributed by atoms with Gasteiger partial charge in [0.1, 0.15) is 11.5 Å². The average Bonchev–Trinajstić information content (AvgIpc) is 3.29. The van der Waals surface area contributed by atoms with E-state index >= 15 is 0 Å². The van der Waals surface area contributed by atoms with Crippen LogP contribution in [0.15, 0.2) is 32.8 Å². The molecule has 5 heteroatoms. The van der Waals surface area contributed by atoms with Crippen molar-refractivity contribution in [1.82, 2.24) is 0 Å². The van der Waals surface area contributed by atoms with E-state index in [1.807, 2.05) is 24.4 Å². The Kier molecular flexibility index (Phi) is 5.97. The van der Waals surface area contributed by atoms with Gasteiger partial charge in [0.2, 0.25) is 0 Å². The first kappa shape index (κ1) is 18.2. The molecule has 1 aliphatic heterocycles. The molecule has 25 heavy (non-hydrogen) atoms. The Morgan fingerprint density at radius 3 is 2.76 bits per heavy atom. The number of ether oxygens (including phenoxy) is 1. The summed E-state index contributed by atoms with van der Waals surface area (Å²) in [6.07, 6.45) is 3.61. The van der Waals surface area contributed by atoms with Gasteiger partial charge in [-0.1, -0.05) is 19.9 Å². The van der Waals surface area contributed by atoms with E-state index in [-0.39, 0.29) is 17.6 Å². The first-order valence-corrected chi connectivity index (χ1v) is 10.00. The zero-order chi connectivity index (χ0) is 17.8. The first-order valence-electron chi connectivity index (χ1n) is 9.12. The third-order valence-corrected chi connectivity index (χ3v) is 6.15. The second-order valence-corrected chi connectivity index (χ2v) is 7.76. The summed E-state index contributed by atoms with van der Waals surface area (Å²) in [4.78, 5) is 13.7. The summed E-state index contributed by atoms with van der Waals surface area (Å²) in [5, 5.41) is 12.6. The quantitative estimate of drug-likeness (QED) is 0.763. The zero-order valence-electron chi connectivity index (χ0n) is 14.9. The third-order valence-electron chi connectivity index (χ3n) is 5.17. The predicted molar refractivity (Wildman–Crippen MR) is 99.7 cm³/mol. The largest absolute Gasteiger partial charge is 0.507 e. The molecule has 0 amide bonds. The topological polar surface area (TPSA) is 59.7 Å². The Labute approximate surface area is 152 Å². The van der Waals surface area contributed by atoms with Crippen LogP contribution < -0.4 is 5.63 Å². The van der Waals surface area contributed by atoms with Gasteiger partial charge in [0.15, 0.2) is 0 Å². The minimum absolute atomic E-state index is 0.0626. The minimum atomic E-state index is -0.406. The molecular formula is C20H26O4S. The number of hydrogen-bond donors (Lipinski definition) is 1. The van der Waals surface area contributed by atoms with Crippen molar-refractivity contribution in [3.63, 3.8) is 0 Å². The van der Waals surface area contributed by atoms with E-state index in [2.05, 4.69) is 6.92 Å². The van der Waals surface area contributed by atoms with Gasteiger partial charge in [-0.25, -0.2) is 4.79 Å². The van der Waals surface area contributed by atoms with Crippen LogP contribution in [0.4, 0.5) is 0 Å². The Morgan fingerprint density at radius 1 is 1.36 bits per heavy atom. The second-order valence-electron chi connectivity index (χ2n) is 6.78. The SMILES string of the molecule is CCC(CC1CCOC1)c1cc(O)c(C(CC)c2cccs2)c(=O)o1. The van der Waals surface area contributed by atoms with E-state index in [9.17, 15) is 9.90 Å². The van der Waals surface area contributed by atoms with E-state index in [0.717, 1.165) is 43.8 Å². The molecule has 1 N–H and O–H groups in total. The lowest BCUT2D eigenvalue weighted by atomic mass is 9.89. The van der Waals surface area contributed by atoms with Crippen molar-refractivity contribution in [3.8, 4) is 5.75 Å². The number of thiophene rings is 1. The van der Waals surface area contributed by atoms with Crippen molar-refractivity contribution in [2.24, 2.45) is 5.92 Å². The Balaban J connectivity index is 1.89. The molecule has 0 spiro atoms. The van der Waals surface area contributed by atoms with Gasteiger partial charge in [-0.05, 0) is 43.0 Å². The van der Waals surface area contributed by atoms with Crippen molar-refractivity contribution in [2.45, 2.75) is 51.4 Å². The van der Waals surface area contributed by atoms with E-state index in [1.165, 1.54) is 0 Å². The summed E-state index contributed by atoms with van der Waals surface area (Å²) in [7, 11) is 0. The van der Waals surface area contributed by atoms with Gasteiger partial charge in [-0.2, -0.15) is 0 Å². The fourth-order valence-electron chi connectivity index (χ4n) is 3.72. The summed E-state index contributed by atoms with van der Waals surface area (Å²) in [5.74, 6) is 1.19. The molecule has 1 fully saturated rings. The minimum Gasteiger partial charge on any atom is -0.507 e. The van der Waals surface area contributed by atoms with Crippen LogP contribution in [0.3, 0.4) is 0 Å². The molecule has 3 rings (SSSR count). The summed E-state index contributed by atoms with van der Waals surface area (Å²) in [6, 6.07) is 5.63. The summed E-state index contributed by atoms with van der Waals surface area (Å²) in [5.41, 5.74) is -0.0240. The maximum atomic E-state index is 12.7. The van der Waals surface area contributed by atoms with Crippen molar-refractivity contribution in [1.29, 1.82) is 0 Å². The van der Waals surface area contributed by atoms with Gasteiger partial charge in [0.05, 0.1) is 5.56 Å². The molecule has 1 saturated heterocycles. The van der Waals surface area contributed by atoms with E-state index in [0.29, 0.717) is 17.2 Å². The highest BCUT2D eigenvalue weighted by Gasteiger charge is 2.26. The van der Waals surface area contributed by atoms with Crippen LogP contribution in [-0.2, 0) is 4.74 Å². The van der Waals surface area contributed by atoms with Crippen molar-refractivity contribution in [2.75, 3.05) is 13.2 Å². The third kappa shape index (κ3) is 3.98. The van der Waals surface area contributed by atoms with Crippen LogP contribution in [-0.4, -0.2) is 18.3 Å². The van der Waals surface area contributed by atoms with Crippen molar-refractivity contribution in [3.05, 3.63) is 50.2 Å². The van der Waals surface area contributed by atoms with Gasteiger partial charge < -0.3 is 14.3 Å². The molecule has 0 saturated carbocycles. The van der Waals surface area contributed by atoms with Crippen LogP contribution in [0.25, 0.3) is 0 Å². The lowest BCUT2D eigenvalue weighted by molar-refractivity contribution is 0.181. The van der Waals surface area contributed by atoms with E-state index in [4.69, 9.17) is 9.15 Å². The molecule has 2 aromatic heterocycles. The van der Waals surface area contributed by atoms with Crippen molar-refractivity contribution >= 4 is 11.3 Å². The van der Waals surface area contributed by atoms with Crippen LogP contribution in [0.5, 0.6) is 5.75 Å². The maximum Gasteiger partial charge on any atom is 0.343 e. The van der Waals surface area contributed by atoms with Crippen molar-refractivity contribution < 1.29 is 14.3 Å². The molecule has 3 heterocycles. The normalized spacial score (nSPS) is 19.8. The summed E-state index contributed by atoms with van der Waals surface area (Å²) >= 11 is 1.60. The second kappa shape index (κ2) is 8.19. The van der Waals surface area contributed by atoms with E-state index < -0.39 is 5.63 Å². The molecule has 0 bridgehead atoms. The van der Waals surface area contributed by atoms with Crippen LogP contribution >= 0.6 is 11.3 Å². The Morgan fingerprint density at radius 2 is 2.20 bits per heavy atom. The molecule has 136 valence electrons. The number of aromatic hydroxyl groups is 1. The molecule has 0 aliphatic carbocycles. The number of hydrogen-bond acceptors (Lipinski definition) is 5. The molecule has 3 atom stereocenters. The van der Waals surface area contributed by atoms with Crippen LogP contribution in [0.2, 0.25) is 0 Å². The van der Waals surface area contributed by atoms with Crippen LogP contribution in [0.1, 0.15) is 67.6 Å². The van der Waals surface area contributed by atoms with Gasteiger partial charge in [-0.3, -0.25) is 0 Å². The molecule has 3 unspecified atom stereocenters. The highest BCUT2D eigenvalue weighted by Crippen LogP contribution is 2.37. The molecule has 2 aromatic rings. The molecule has 1 aliphatic rings. The summed E-state index contributed by atoms with van der Waals surface area (Å²) in [6.45, 7) is 5.70. The molecule has 0 radical (unpaired) electrons. The predicted octanol–water partition coefficient (Wildman–Crippen LogP) is 4.87. The highest BCUT2D eigenvalue weighted by molar-refractivity contribution is 7.10. The fourth-order valence-corrected chi connectivity index (χ4v) is 4.64. The van der Waals surface area contributed by atoms with E-state index in [1.54, 1.807) is 17.4 Å². The highest BCUT2D eigenvalue weighted by atomic mass is 32.1. The van der Waals surface area contributed by atoms with Gasteiger partial charge in [0, 0.05) is 36.0 Å². The molecule has 0 aromatic carbocycles. The lowest BCUT2D eigenvalue weighted by Crippen LogP contribution is -2.16. The standard InChI is InChI=1S/C20H26O4S/c1-3-14(10-13-7-8-23-12-13)17-11-16(21)19(20(22)24-17)15(4-2)18-6-5-9-25-18/h5-6,9,11,13-15,21H,3-4,7-8,10,12H2,1-2H3. The van der Waals surface area contributed by atoms with Gasteiger partial charge >= 0.3 is 5.63 Å². The molecule has 4 nitrogen and oxygen atoms in total. The smallest absolute Gasteiger partial charge is 0.343 e. The van der Waals surface area contributed by atoms with Gasteiger partial charge in [0.25, 0.3) is 0 Å². The average molecular weight is 362 g/mol. The molecular weight excluding hydrogens is 336 g/mol. The fraction of sp³-hybridized carbons (Fsp3) is 0.550. The maximum absolute atomic E-state index is 12.7. The summed E-state index contributed by atoms with van der Waals surface area (Å²) < 4.78 is 11.1. The first-order chi connectivity index (χ1) is 12.1. The Bertz CT molecular complexity index is 729. The van der Waals surface area contributed by atoms with Crippen LogP contribution in [0, 0.1) is 5.92 Å². The van der Waals surface area contributed by atoms with Gasteiger partial charge in [-0.15, -0.1) is 11.3 Å².